The number of rotatable bonds is 7. The van der Waals surface area contributed by atoms with Crippen molar-refractivity contribution >= 4 is 8.32 Å². The van der Waals surface area contributed by atoms with Gasteiger partial charge in [0.15, 0.2) is 8.32 Å². The topological polar surface area (TPSA) is 9.23 Å². The number of hydrogen-bond donors (Lipinski definition) is 0. The van der Waals surface area contributed by atoms with Crippen LogP contribution in [0.1, 0.15) is 58.1 Å². The Kier molecular flexibility index (Phi) is 6.29. The van der Waals surface area contributed by atoms with Crippen LogP contribution in [0.15, 0.2) is 60.7 Å². The normalized spacial score (nSPS) is 13.0. The van der Waals surface area contributed by atoms with E-state index >= 15 is 0 Å². The first-order valence-corrected chi connectivity index (χ1v) is 12.4. The first-order chi connectivity index (χ1) is 11.7. The lowest BCUT2D eigenvalue weighted by atomic mass is 9.82. The second-order valence-corrected chi connectivity index (χ2v) is 13.2. The second kappa shape index (κ2) is 7.88. The summed E-state index contributed by atoms with van der Waals surface area (Å²) < 4.78 is 7.20. The monoisotopic (exact) mass is 354 g/mol. The maximum Gasteiger partial charge on any atom is 0.193 e. The minimum Gasteiger partial charge on any atom is -0.403 e. The third-order valence-corrected chi connectivity index (χ3v) is 10.1. The van der Waals surface area contributed by atoms with Gasteiger partial charge in [-0.15, -0.1) is 0 Å². The van der Waals surface area contributed by atoms with Gasteiger partial charge in [0.25, 0.3) is 0 Å². The molecular weight excluding hydrogens is 320 g/mol. The number of unbranched alkanes of at least 4 members (excludes halogenated alkanes) is 1. The fourth-order valence-electron chi connectivity index (χ4n) is 3.05. The highest BCUT2D eigenvalue weighted by atomic mass is 28.4. The van der Waals surface area contributed by atoms with Crippen LogP contribution in [0.5, 0.6) is 0 Å². The maximum absolute atomic E-state index is 7.20. The predicted molar refractivity (Wildman–Crippen MR) is 111 cm³/mol. The molecule has 0 amide bonds. The summed E-state index contributed by atoms with van der Waals surface area (Å²) in [4.78, 5) is 0. The van der Waals surface area contributed by atoms with E-state index in [2.05, 4.69) is 101 Å². The summed E-state index contributed by atoms with van der Waals surface area (Å²) in [5.74, 6) is 0. The van der Waals surface area contributed by atoms with Crippen LogP contribution in [0.25, 0.3) is 0 Å². The molecule has 0 unspecified atom stereocenters. The molecule has 0 saturated heterocycles. The molecule has 0 heterocycles. The van der Waals surface area contributed by atoms with Gasteiger partial charge in [-0.05, 0) is 35.7 Å². The summed E-state index contributed by atoms with van der Waals surface area (Å²) in [6.45, 7) is 13.9. The Bertz CT molecular complexity index is 601. The lowest BCUT2D eigenvalue weighted by Crippen LogP contribution is -2.49. The van der Waals surface area contributed by atoms with Crippen LogP contribution in [0, 0.1) is 0 Å². The zero-order valence-electron chi connectivity index (χ0n) is 16.8. The van der Waals surface area contributed by atoms with Gasteiger partial charge in [-0.1, -0.05) is 101 Å². The van der Waals surface area contributed by atoms with Gasteiger partial charge in [0, 0.05) is 0 Å². The van der Waals surface area contributed by atoms with Crippen molar-refractivity contribution in [2.24, 2.45) is 0 Å². The lowest BCUT2D eigenvalue weighted by Gasteiger charge is -2.46. The molecule has 1 nitrogen and oxygen atoms in total. The van der Waals surface area contributed by atoms with E-state index in [9.17, 15) is 0 Å². The van der Waals surface area contributed by atoms with Crippen LogP contribution in [0.4, 0.5) is 0 Å². The molecular formula is C23H34OSi. The Hall–Kier alpha value is -1.38. The van der Waals surface area contributed by atoms with Crippen molar-refractivity contribution in [2.45, 2.75) is 70.7 Å². The summed E-state index contributed by atoms with van der Waals surface area (Å²) in [7, 11) is -1.96. The van der Waals surface area contributed by atoms with Crippen LogP contribution in [-0.2, 0) is 10.0 Å². The van der Waals surface area contributed by atoms with Crippen LogP contribution >= 0.6 is 0 Å². The smallest absolute Gasteiger partial charge is 0.193 e. The highest BCUT2D eigenvalue weighted by Crippen LogP contribution is 2.46. The summed E-state index contributed by atoms with van der Waals surface area (Å²) in [5, 5.41) is 0.175. The zero-order chi connectivity index (χ0) is 18.6. The van der Waals surface area contributed by atoms with Crippen molar-refractivity contribution in [1.82, 2.24) is 0 Å². The Morgan fingerprint density at radius 3 is 1.60 bits per heavy atom. The molecule has 0 bridgehead atoms. The van der Waals surface area contributed by atoms with Gasteiger partial charge in [-0.25, -0.2) is 0 Å². The van der Waals surface area contributed by atoms with E-state index in [4.69, 9.17) is 4.43 Å². The third kappa shape index (κ3) is 4.42. The van der Waals surface area contributed by atoms with Crippen LogP contribution in [-0.4, -0.2) is 8.32 Å². The van der Waals surface area contributed by atoms with Crippen LogP contribution < -0.4 is 0 Å². The first-order valence-electron chi connectivity index (χ1n) is 9.54. The van der Waals surface area contributed by atoms with Crippen molar-refractivity contribution in [2.75, 3.05) is 0 Å². The predicted octanol–water partition coefficient (Wildman–Crippen LogP) is 7.14. The molecule has 2 aromatic rings. The molecule has 0 aliphatic heterocycles. The fourth-order valence-corrected chi connectivity index (χ4v) is 4.57. The summed E-state index contributed by atoms with van der Waals surface area (Å²) in [6, 6.07) is 21.6. The maximum atomic E-state index is 7.20. The summed E-state index contributed by atoms with van der Waals surface area (Å²) >= 11 is 0. The molecule has 25 heavy (non-hydrogen) atoms. The van der Waals surface area contributed by atoms with Crippen molar-refractivity contribution in [3.63, 3.8) is 0 Å². The Labute approximate surface area is 155 Å². The van der Waals surface area contributed by atoms with Gasteiger partial charge >= 0.3 is 0 Å². The molecule has 0 atom stereocenters. The molecule has 0 saturated carbocycles. The molecule has 0 N–H and O–H groups in total. The van der Waals surface area contributed by atoms with Gasteiger partial charge < -0.3 is 4.43 Å². The second-order valence-electron chi connectivity index (χ2n) is 8.52. The van der Waals surface area contributed by atoms with Gasteiger partial charge in [-0.3, -0.25) is 0 Å². The average Bonchev–Trinajstić information content (AvgIpc) is 2.59. The molecule has 0 spiro atoms. The van der Waals surface area contributed by atoms with E-state index in [-0.39, 0.29) is 10.6 Å². The molecule has 136 valence electrons. The largest absolute Gasteiger partial charge is 0.403 e. The molecule has 0 aliphatic carbocycles. The van der Waals surface area contributed by atoms with Crippen molar-refractivity contribution < 1.29 is 4.43 Å². The fraction of sp³-hybridized carbons (Fsp3) is 0.478. The minimum atomic E-state index is -1.96. The highest BCUT2D eigenvalue weighted by Gasteiger charge is 2.46. The Balaban J connectivity index is 2.63. The Morgan fingerprint density at radius 2 is 1.24 bits per heavy atom. The zero-order valence-corrected chi connectivity index (χ0v) is 17.8. The molecule has 2 rings (SSSR count). The van der Waals surface area contributed by atoms with E-state index in [1.54, 1.807) is 0 Å². The van der Waals surface area contributed by atoms with E-state index in [1.165, 1.54) is 17.5 Å². The first kappa shape index (κ1) is 19.9. The molecule has 0 fully saturated rings. The van der Waals surface area contributed by atoms with E-state index in [1.807, 2.05) is 0 Å². The van der Waals surface area contributed by atoms with E-state index < -0.39 is 8.32 Å². The molecule has 0 aliphatic rings. The molecule has 2 aromatic carbocycles. The van der Waals surface area contributed by atoms with Crippen molar-refractivity contribution in [3.8, 4) is 0 Å². The van der Waals surface area contributed by atoms with Crippen LogP contribution in [0.2, 0.25) is 18.1 Å². The highest BCUT2D eigenvalue weighted by molar-refractivity contribution is 6.74. The van der Waals surface area contributed by atoms with Crippen molar-refractivity contribution in [3.05, 3.63) is 71.8 Å². The van der Waals surface area contributed by atoms with Crippen LogP contribution in [0.3, 0.4) is 0 Å². The van der Waals surface area contributed by atoms with Gasteiger partial charge in [0.1, 0.15) is 5.60 Å². The number of benzene rings is 2. The number of hydrogen-bond acceptors (Lipinski definition) is 1. The quantitative estimate of drug-likeness (QED) is 0.480. The van der Waals surface area contributed by atoms with E-state index in [0.717, 1.165) is 12.8 Å². The molecule has 0 radical (unpaired) electrons. The Morgan fingerprint density at radius 1 is 0.800 bits per heavy atom. The summed E-state index contributed by atoms with van der Waals surface area (Å²) in [6.07, 6.45) is 3.34. The minimum absolute atomic E-state index is 0.175. The molecule has 2 heteroatoms. The van der Waals surface area contributed by atoms with Crippen molar-refractivity contribution in [1.29, 1.82) is 0 Å². The van der Waals surface area contributed by atoms with E-state index in [0.29, 0.717) is 0 Å². The average molecular weight is 355 g/mol. The SMILES string of the molecule is CCCCC(O[Si](C)(C)C(C)(C)C)(c1ccccc1)c1ccccc1. The van der Waals surface area contributed by atoms with Gasteiger partial charge in [-0.2, -0.15) is 0 Å². The summed E-state index contributed by atoms with van der Waals surface area (Å²) in [5.41, 5.74) is 2.19. The standard InChI is InChI=1S/C23H34OSi/c1-7-8-19-23(20-15-11-9-12-16-20,21-17-13-10-14-18-21)24-25(5,6)22(2,3)4/h9-18H,7-8,19H2,1-6H3. The third-order valence-electron chi connectivity index (χ3n) is 5.60. The van der Waals surface area contributed by atoms with Gasteiger partial charge in [0.05, 0.1) is 0 Å². The lowest BCUT2D eigenvalue weighted by molar-refractivity contribution is 0.0800. The molecule has 0 aromatic heterocycles. The van der Waals surface area contributed by atoms with Gasteiger partial charge in [0.2, 0.25) is 0 Å².